The zero-order chi connectivity index (χ0) is 13.2. The minimum atomic E-state index is 0.511. The van der Waals surface area contributed by atoms with E-state index in [4.69, 9.17) is 11.6 Å². The second-order valence-electron chi connectivity index (χ2n) is 4.16. The smallest absolute Gasteiger partial charge is 0.177 e. The summed E-state index contributed by atoms with van der Waals surface area (Å²) in [5.41, 5.74) is 2.69. The number of rotatable bonds is 2. The molecule has 1 aromatic carbocycles. The minimum Gasteiger partial charge on any atom is -0.201 e. The highest BCUT2D eigenvalue weighted by Crippen LogP contribution is 2.23. The highest BCUT2D eigenvalue weighted by molar-refractivity contribution is 6.30. The Morgan fingerprint density at radius 3 is 2.47 bits per heavy atom. The monoisotopic (exact) mass is 270 g/mol. The van der Waals surface area contributed by atoms with Gasteiger partial charge in [0.05, 0.1) is 11.4 Å². The summed E-state index contributed by atoms with van der Waals surface area (Å²) in [6.45, 7) is 1.89. The largest absolute Gasteiger partial charge is 0.201 e. The zero-order valence-corrected chi connectivity index (χ0v) is 11.0. The first kappa shape index (κ1) is 11.9. The second-order valence-corrected chi connectivity index (χ2v) is 4.55. The summed E-state index contributed by atoms with van der Waals surface area (Å²) >= 11 is 6.20. The van der Waals surface area contributed by atoms with E-state index in [1.165, 1.54) is 0 Å². The molecule has 0 N–H and O–H groups in total. The van der Waals surface area contributed by atoms with Gasteiger partial charge in [0.25, 0.3) is 0 Å². The van der Waals surface area contributed by atoms with Crippen molar-refractivity contribution >= 4 is 11.6 Å². The lowest BCUT2D eigenvalue weighted by Gasteiger charge is -2.00. The molecule has 4 nitrogen and oxygen atoms in total. The van der Waals surface area contributed by atoms with Gasteiger partial charge in [0.1, 0.15) is 5.15 Å². The number of nitrogens with zero attached hydrogens (tertiary/aromatic N) is 4. The molecule has 0 saturated heterocycles. The number of halogens is 1. The molecule has 3 rings (SSSR count). The maximum atomic E-state index is 6.20. The molecule has 0 bridgehead atoms. The average Bonchev–Trinajstić information content (AvgIpc) is 2.83. The van der Waals surface area contributed by atoms with Crippen LogP contribution in [-0.2, 0) is 0 Å². The normalized spacial score (nSPS) is 10.6. The van der Waals surface area contributed by atoms with Crippen molar-refractivity contribution in [2.24, 2.45) is 0 Å². The number of hydrogen-bond donors (Lipinski definition) is 0. The average molecular weight is 271 g/mol. The van der Waals surface area contributed by atoms with Crippen LogP contribution in [0.25, 0.3) is 17.1 Å². The molecule has 0 atom stereocenters. The molecule has 2 heterocycles. The van der Waals surface area contributed by atoms with Crippen LogP contribution in [0.5, 0.6) is 0 Å². The Labute approximate surface area is 115 Å². The maximum absolute atomic E-state index is 6.20. The van der Waals surface area contributed by atoms with Crippen LogP contribution >= 0.6 is 11.6 Å². The first-order valence-electron chi connectivity index (χ1n) is 5.86. The van der Waals surface area contributed by atoms with Crippen molar-refractivity contribution in [3.8, 4) is 17.1 Å². The molecule has 0 aliphatic heterocycles. The highest BCUT2D eigenvalue weighted by atomic mass is 35.5. The molecule has 0 amide bonds. The fraction of sp³-hybridized carbons (Fsp3) is 0.0714. The molecule has 19 heavy (non-hydrogen) atoms. The third-order valence-electron chi connectivity index (χ3n) is 2.74. The Hall–Kier alpha value is -2.20. The lowest BCUT2D eigenvalue weighted by Crippen LogP contribution is -2.01. The van der Waals surface area contributed by atoms with Gasteiger partial charge in [0.2, 0.25) is 0 Å². The molecule has 0 aliphatic rings. The third-order valence-corrected chi connectivity index (χ3v) is 3.01. The lowest BCUT2D eigenvalue weighted by molar-refractivity contribution is 0.809. The summed E-state index contributed by atoms with van der Waals surface area (Å²) in [4.78, 5) is 0. The van der Waals surface area contributed by atoms with E-state index in [2.05, 4.69) is 15.3 Å². The number of hydrogen-bond acceptors (Lipinski definition) is 3. The van der Waals surface area contributed by atoms with Crippen LogP contribution in [0.2, 0.25) is 5.15 Å². The van der Waals surface area contributed by atoms with Gasteiger partial charge < -0.3 is 0 Å². The van der Waals surface area contributed by atoms with Gasteiger partial charge >= 0.3 is 0 Å². The van der Waals surface area contributed by atoms with E-state index in [0.29, 0.717) is 11.0 Å². The summed E-state index contributed by atoms with van der Waals surface area (Å²) in [6.07, 6.45) is 0. The topological polar surface area (TPSA) is 43.6 Å². The van der Waals surface area contributed by atoms with Gasteiger partial charge in [-0.1, -0.05) is 41.9 Å². The molecular formula is C14H11ClN4. The van der Waals surface area contributed by atoms with E-state index in [1.54, 1.807) is 4.68 Å². The Morgan fingerprint density at radius 1 is 1.00 bits per heavy atom. The van der Waals surface area contributed by atoms with Crippen LogP contribution in [0.1, 0.15) is 5.69 Å². The fourth-order valence-electron chi connectivity index (χ4n) is 1.77. The molecule has 94 valence electrons. The first-order valence-corrected chi connectivity index (χ1v) is 6.23. The molecular weight excluding hydrogens is 260 g/mol. The van der Waals surface area contributed by atoms with Crippen molar-refractivity contribution in [2.45, 2.75) is 6.92 Å². The lowest BCUT2D eigenvalue weighted by atomic mass is 10.2. The van der Waals surface area contributed by atoms with E-state index in [9.17, 15) is 0 Å². The predicted octanol–water partition coefficient (Wildman–Crippen LogP) is 3.29. The molecule has 2 aromatic heterocycles. The van der Waals surface area contributed by atoms with E-state index >= 15 is 0 Å². The fourth-order valence-corrected chi connectivity index (χ4v) is 2.00. The Bertz CT molecular complexity index is 689. The first-order chi connectivity index (χ1) is 9.24. The van der Waals surface area contributed by atoms with Crippen molar-refractivity contribution in [1.82, 2.24) is 20.0 Å². The van der Waals surface area contributed by atoms with Crippen molar-refractivity contribution in [3.05, 3.63) is 59.4 Å². The van der Waals surface area contributed by atoms with Crippen molar-refractivity contribution in [1.29, 1.82) is 0 Å². The SMILES string of the molecule is Cc1ccc(-n2nc(-c3ccccc3)cc2Cl)nn1. The third kappa shape index (κ3) is 2.35. The van der Waals surface area contributed by atoms with E-state index < -0.39 is 0 Å². The summed E-state index contributed by atoms with van der Waals surface area (Å²) in [6, 6.07) is 15.4. The number of aryl methyl sites for hydroxylation is 1. The van der Waals surface area contributed by atoms with Crippen LogP contribution in [-0.4, -0.2) is 20.0 Å². The standard InChI is InChI=1S/C14H11ClN4/c1-10-7-8-14(17-16-10)19-13(15)9-12(18-19)11-5-3-2-4-6-11/h2-9H,1H3. The molecule has 0 spiro atoms. The van der Waals surface area contributed by atoms with Crippen LogP contribution in [0.3, 0.4) is 0 Å². The van der Waals surface area contributed by atoms with Crippen LogP contribution in [0, 0.1) is 6.92 Å². The summed E-state index contributed by atoms with van der Waals surface area (Å²) in [5.74, 6) is 0.609. The van der Waals surface area contributed by atoms with Gasteiger partial charge in [-0.3, -0.25) is 0 Å². The van der Waals surface area contributed by atoms with E-state index in [-0.39, 0.29) is 0 Å². The Kier molecular flexibility index (Phi) is 3.01. The summed E-state index contributed by atoms with van der Waals surface area (Å²) < 4.78 is 1.58. The molecule has 5 heteroatoms. The summed E-state index contributed by atoms with van der Waals surface area (Å²) in [7, 11) is 0. The molecule has 0 saturated carbocycles. The van der Waals surface area contributed by atoms with Gasteiger partial charge in [-0.05, 0) is 19.1 Å². The number of aromatic nitrogens is 4. The van der Waals surface area contributed by atoms with Gasteiger partial charge in [-0.15, -0.1) is 5.10 Å². The quantitative estimate of drug-likeness (QED) is 0.718. The molecule has 0 radical (unpaired) electrons. The van der Waals surface area contributed by atoms with Gasteiger partial charge in [-0.25, -0.2) is 4.68 Å². The number of benzene rings is 1. The van der Waals surface area contributed by atoms with E-state index in [0.717, 1.165) is 17.0 Å². The second kappa shape index (κ2) is 4.82. The minimum absolute atomic E-state index is 0.511. The summed E-state index contributed by atoms with van der Waals surface area (Å²) in [5, 5.41) is 13.1. The van der Waals surface area contributed by atoms with Gasteiger partial charge in [0, 0.05) is 11.6 Å². The predicted molar refractivity (Wildman–Crippen MR) is 74.3 cm³/mol. The van der Waals surface area contributed by atoms with Crippen LogP contribution in [0.15, 0.2) is 48.5 Å². The Morgan fingerprint density at radius 2 is 1.79 bits per heavy atom. The zero-order valence-electron chi connectivity index (χ0n) is 10.3. The van der Waals surface area contributed by atoms with Gasteiger partial charge in [-0.2, -0.15) is 10.2 Å². The van der Waals surface area contributed by atoms with Crippen molar-refractivity contribution in [2.75, 3.05) is 0 Å². The van der Waals surface area contributed by atoms with Crippen LogP contribution < -0.4 is 0 Å². The van der Waals surface area contributed by atoms with Crippen molar-refractivity contribution < 1.29 is 0 Å². The van der Waals surface area contributed by atoms with Crippen LogP contribution in [0.4, 0.5) is 0 Å². The highest BCUT2D eigenvalue weighted by Gasteiger charge is 2.10. The Balaban J connectivity index is 2.05. The molecule has 0 fully saturated rings. The van der Waals surface area contributed by atoms with Gasteiger partial charge in [0.15, 0.2) is 5.82 Å². The van der Waals surface area contributed by atoms with E-state index in [1.807, 2.05) is 55.5 Å². The van der Waals surface area contributed by atoms with Crippen molar-refractivity contribution in [3.63, 3.8) is 0 Å². The molecule has 3 aromatic rings. The molecule has 0 unspecified atom stereocenters. The molecule has 0 aliphatic carbocycles. The maximum Gasteiger partial charge on any atom is 0.177 e.